The second-order valence-electron chi connectivity index (χ2n) is 4.46. The van der Waals surface area contributed by atoms with Crippen LogP contribution in [0.1, 0.15) is 33.6 Å². The van der Waals surface area contributed by atoms with Gasteiger partial charge in [-0.15, -0.1) is 0 Å². The highest BCUT2D eigenvalue weighted by atomic mass is 16.6. The Labute approximate surface area is 114 Å². The predicted octanol–water partition coefficient (Wildman–Crippen LogP) is 3.65. The molecular formula is C14H23N3O2. The lowest BCUT2D eigenvalue weighted by molar-refractivity contribution is -0.384. The average Bonchev–Trinajstić information content (AvgIpc) is 2.39. The van der Waals surface area contributed by atoms with Crippen LogP contribution in [-0.4, -0.2) is 24.6 Å². The van der Waals surface area contributed by atoms with Gasteiger partial charge in [0.25, 0.3) is 5.69 Å². The number of nitrogens with zero attached hydrogens (tertiary/aromatic N) is 2. The lowest BCUT2D eigenvalue weighted by Gasteiger charge is -2.23. The van der Waals surface area contributed by atoms with Gasteiger partial charge in [-0.25, -0.2) is 0 Å². The number of hydrogen-bond donors (Lipinski definition) is 1. The molecule has 0 aliphatic carbocycles. The van der Waals surface area contributed by atoms with Crippen LogP contribution in [0, 0.1) is 10.1 Å². The number of benzene rings is 1. The van der Waals surface area contributed by atoms with E-state index in [1.807, 2.05) is 13.0 Å². The molecule has 1 N–H and O–H groups in total. The average molecular weight is 265 g/mol. The Morgan fingerprint density at radius 3 is 2.53 bits per heavy atom. The number of nitro groups is 1. The Kier molecular flexibility index (Phi) is 6.12. The first-order valence-electron chi connectivity index (χ1n) is 6.90. The zero-order chi connectivity index (χ0) is 14.3. The van der Waals surface area contributed by atoms with Crippen molar-refractivity contribution in [2.24, 2.45) is 0 Å². The summed E-state index contributed by atoms with van der Waals surface area (Å²) in [5.74, 6) is 0. The van der Waals surface area contributed by atoms with Crippen LogP contribution in [0.25, 0.3) is 0 Å². The minimum atomic E-state index is -0.335. The first-order valence-corrected chi connectivity index (χ1v) is 6.90. The van der Waals surface area contributed by atoms with Crippen molar-refractivity contribution in [3.63, 3.8) is 0 Å². The number of hydrogen-bond acceptors (Lipinski definition) is 4. The fourth-order valence-electron chi connectivity index (χ4n) is 2.01. The van der Waals surface area contributed by atoms with Crippen LogP contribution in [0.3, 0.4) is 0 Å². The number of rotatable bonds is 8. The predicted molar refractivity (Wildman–Crippen MR) is 80.1 cm³/mol. The van der Waals surface area contributed by atoms with E-state index < -0.39 is 0 Å². The third kappa shape index (κ3) is 4.43. The molecule has 0 atom stereocenters. The molecule has 0 amide bonds. The van der Waals surface area contributed by atoms with Crippen LogP contribution < -0.4 is 10.2 Å². The van der Waals surface area contributed by atoms with E-state index in [0.717, 1.165) is 43.9 Å². The molecule has 19 heavy (non-hydrogen) atoms. The van der Waals surface area contributed by atoms with Gasteiger partial charge in [-0.2, -0.15) is 0 Å². The van der Waals surface area contributed by atoms with Crippen LogP contribution in [0.15, 0.2) is 18.2 Å². The number of nitro benzene ring substituents is 1. The molecule has 0 aliphatic rings. The maximum atomic E-state index is 11.0. The van der Waals surface area contributed by atoms with Gasteiger partial charge < -0.3 is 10.2 Å². The number of unbranched alkanes of at least 4 members (excludes halogenated alkanes) is 1. The van der Waals surface area contributed by atoms with Gasteiger partial charge in [0, 0.05) is 43.1 Å². The van der Waals surface area contributed by atoms with Gasteiger partial charge in [-0.1, -0.05) is 13.3 Å². The molecule has 0 radical (unpaired) electrons. The molecule has 0 aromatic heterocycles. The second-order valence-corrected chi connectivity index (χ2v) is 4.46. The van der Waals surface area contributed by atoms with E-state index in [2.05, 4.69) is 24.1 Å². The van der Waals surface area contributed by atoms with Crippen molar-refractivity contribution >= 4 is 17.1 Å². The van der Waals surface area contributed by atoms with E-state index in [0.29, 0.717) is 0 Å². The van der Waals surface area contributed by atoms with Crippen molar-refractivity contribution < 1.29 is 4.92 Å². The molecule has 0 fully saturated rings. The Bertz CT molecular complexity index is 421. The SMILES string of the molecule is CCCCN(CC)c1cc(NCC)cc([N+](=O)[O-])c1. The van der Waals surface area contributed by atoms with Gasteiger partial charge in [0.15, 0.2) is 0 Å². The molecule has 5 heteroatoms. The summed E-state index contributed by atoms with van der Waals surface area (Å²) in [6.45, 7) is 8.73. The quantitative estimate of drug-likeness (QED) is 0.575. The highest BCUT2D eigenvalue weighted by molar-refractivity contribution is 5.64. The van der Waals surface area contributed by atoms with Crippen molar-refractivity contribution in [3.05, 3.63) is 28.3 Å². The molecule has 0 aliphatic heterocycles. The Balaban J connectivity index is 3.05. The lowest BCUT2D eigenvalue weighted by Crippen LogP contribution is -2.24. The standard InChI is InChI=1S/C14H23N3O2/c1-4-7-8-16(6-3)13-9-12(15-5-2)10-14(11-13)17(18)19/h9-11,15H,4-8H2,1-3H3. The molecule has 0 saturated carbocycles. The zero-order valence-electron chi connectivity index (χ0n) is 12.0. The van der Waals surface area contributed by atoms with E-state index in [1.165, 1.54) is 0 Å². The summed E-state index contributed by atoms with van der Waals surface area (Å²) < 4.78 is 0. The topological polar surface area (TPSA) is 58.4 Å². The molecule has 106 valence electrons. The highest BCUT2D eigenvalue weighted by Gasteiger charge is 2.13. The van der Waals surface area contributed by atoms with E-state index in [1.54, 1.807) is 12.1 Å². The summed E-state index contributed by atoms with van der Waals surface area (Å²) in [4.78, 5) is 12.8. The molecule has 1 aromatic rings. The van der Waals surface area contributed by atoms with Crippen LogP contribution in [0.4, 0.5) is 17.1 Å². The van der Waals surface area contributed by atoms with Gasteiger partial charge in [-0.05, 0) is 26.3 Å². The zero-order valence-corrected chi connectivity index (χ0v) is 12.0. The minimum absolute atomic E-state index is 0.142. The maximum absolute atomic E-state index is 11.0. The molecule has 5 nitrogen and oxygen atoms in total. The van der Waals surface area contributed by atoms with Crippen molar-refractivity contribution in [1.82, 2.24) is 0 Å². The second kappa shape index (κ2) is 7.61. The third-order valence-electron chi connectivity index (χ3n) is 3.02. The van der Waals surface area contributed by atoms with Crippen LogP contribution in [0.5, 0.6) is 0 Å². The largest absolute Gasteiger partial charge is 0.385 e. The maximum Gasteiger partial charge on any atom is 0.273 e. The summed E-state index contributed by atoms with van der Waals surface area (Å²) in [5.41, 5.74) is 1.87. The van der Waals surface area contributed by atoms with Crippen molar-refractivity contribution in [3.8, 4) is 0 Å². The first-order chi connectivity index (χ1) is 9.12. The van der Waals surface area contributed by atoms with Gasteiger partial charge in [0.1, 0.15) is 0 Å². The van der Waals surface area contributed by atoms with Gasteiger partial charge >= 0.3 is 0 Å². The highest BCUT2D eigenvalue weighted by Crippen LogP contribution is 2.27. The van der Waals surface area contributed by atoms with Gasteiger partial charge in [-0.3, -0.25) is 10.1 Å². The van der Waals surface area contributed by atoms with Gasteiger partial charge in [0.2, 0.25) is 0 Å². The molecule has 1 rings (SSSR count). The van der Waals surface area contributed by atoms with Crippen LogP contribution in [-0.2, 0) is 0 Å². The fraction of sp³-hybridized carbons (Fsp3) is 0.571. The Morgan fingerprint density at radius 2 is 2.00 bits per heavy atom. The summed E-state index contributed by atoms with van der Waals surface area (Å²) in [5, 5.41) is 14.1. The lowest BCUT2D eigenvalue weighted by atomic mass is 10.2. The number of anilines is 2. The molecule has 0 bridgehead atoms. The molecule has 1 aromatic carbocycles. The number of non-ortho nitro benzene ring substituents is 1. The van der Waals surface area contributed by atoms with Crippen LogP contribution in [0.2, 0.25) is 0 Å². The number of nitrogens with one attached hydrogen (secondary N) is 1. The van der Waals surface area contributed by atoms with Crippen molar-refractivity contribution in [1.29, 1.82) is 0 Å². The smallest absolute Gasteiger partial charge is 0.273 e. The van der Waals surface area contributed by atoms with E-state index in [9.17, 15) is 10.1 Å². The van der Waals surface area contributed by atoms with E-state index in [-0.39, 0.29) is 10.6 Å². The summed E-state index contributed by atoms with van der Waals surface area (Å²) in [7, 11) is 0. The summed E-state index contributed by atoms with van der Waals surface area (Å²) in [6.07, 6.45) is 2.21. The molecular weight excluding hydrogens is 242 g/mol. The fourth-order valence-corrected chi connectivity index (χ4v) is 2.01. The summed E-state index contributed by atoms with van der Waals surface area (Å²) >= 11 is 0. The Morgan fingerprint density at radius 1 is 1.26 bits per heavy atom. The van der Waals surface area contributed by atoms with Crippen molar-refractivity contribution in [2.75, 3.05) is 29.9 Å². The van der Waals surface area contributed by atoms with E-state index >= 15 is 0 Å². The molecule has 0 saturated heterocycles. The third-order valence-corrected chi connectivity index (χ3v) is 3.02. The Hall–Kier alpha value is -1.78. The molecule has 0 unspecified atom stereocenters. The van der Waals surface area contributed by atoms with E-state index in [4.69, 9.17) is 0 Å². The van der Waals surface area contributed by atoms with Gasteiger partial charge in [0.05, 0.1) is 4.92 Å². The molecule has 0 heterocycles. The minimum Gasteiger partial charge on any atom is -0.385 e. The first kappa shape index (κ1) is 15.3. The normalized spacial score (nSPS) is 10.3. The summed E-state index contributed by atoms with van der Waals surface area (Å²) in [6, 6.07) is 5.22. The van der Waals surface area contributed by atoms with Crippen molar-refractivity contribution in [2.45, 2.75) is 33.6 Å². The molecule has 0 spiro atoms. The monoisotopic (exact) mass is 265 g/mol. The van der Waals surface area contributed by atoms with Crippen LogP contribution >= 0.6 is 0 Å².